The first-order valence-corrected chi connectivity index (χ1v) is 9.75. The van der Waals surface area contributed by atoms with E-state index in [2.05, 4.69) is 30.7 Å². The summed E-state index contributed by atoms with van der Waals surface area (Å²) >= 11 is 7.58. The van der Waals surface area contributed by atoms with Crippen LogP contribution in [-0.2, 0) is 0 Å². The minimum Gasteiger partial charge on any atom is -0.340 e. The minimum absolute atomic E-state index is 0.0376. The number of aromatic nitrogens is 5. The van der Waals surface area contributed by atoms with Crippen LogP contribution < -0.4 is 5.32 Å². The van der Waals surface area contributed by atoms with Gasteiger partial charge >= 0.3 is 6.03 Å². The van der Waals surface area contributed by atoms with Gasteiger partial charge in [0.1, 0.15) is 10.9 Å². The van der Waals surface area contributed by atoms with Crippen LogP contribution in [0.4, 0.5) is 4.79 Å². The van der Waals surface area contributed by atoms with Crippen molar-refractivity contribution in [1.82, 2.24) is 35.6 Å². The molecule has 10 heteroatoms. The van der Waals surface area contributed by atoms with E-state index in [1.807, 2.05) is 23.1 Å². The first-order valence-electron chi connectivity index (χ1n) is 8.39. The van der Waals surface area contributed by atoms with Crippen molar-refractivity contribution in [2.24, 2.45) is 0 Å². The van der Waals surface area contributed by atoms with Crippen LogP contribution in [0.5, 0.6) is 0 Å². The number of benzene rings is 1. The zero-order valence-corrected chi connectivity index (χ0v) is 15.5. The summed E-state index contributed by atoms with van der Waals surface area (Å²) < 4.78 is 0. The monoisotopic (exact) mass is 391 g/mol. The van der Waals surface area contributed by atoms with E-state index in [0.29, 0.717) is 11.6 Å². The van der Waals surface area contributed by atoms with Crippen molar-refractivity contribution >= 4 is 40.4 Å². The summed E-state index contributed by atoms with van der Waals surface area (Å²) in [5, 5.41) is 14.8. The number of hydrogen-bond donors (Lipinski definition) is 3. The first-order chi connectivity index (χ1) is 12.7. The van der Waals surface area contributed by atoms with Crippen LogP contribution in [0.3, 0.4) is 0 Å². The van der Waals surface area contributed by atoms with Crippen molar-refractivity contribution in [3.8, 4) is 0 Å². The highest BCUT2D eigenvalue weighted by Crippen LogP contribution is 2.31. The van der Waals surface area contributed by atoms with Crippen LogP contribution in [0, 0.1) is 0 Å². The number of hydrogen-bond acceptors (Lipinski definition) is 5. The number of likely N-dealkylation sites (tertiary alicyclic amines) is 1. The van der Waals surface area contributed by atoms with Gasteiger partial charge in [-0.15, -0.1) is 16.9 Å². The van der Waals surface area contributed by atoms with Gasteiger partial charge in [0.2, 0.25) is 0 Å². The summed E-state index contributed by atoms with van der Waals surface area (Å²) in [5.41, 5.74) is 1.75. The summed E-state index contributed by atoms with van der Waals surface area (Å²) in [6.07, 6.45) is 3.52. The predicted molar refractivity (Wildman–Crippen MR) is 100 cm³/mol. The Bertz CT molecular complexity index is 897. The number of fused-ring (bicyclic) bond motifs is 1. The average Bonchev–Trinajstić information content (AvgIpc) is 3.37. The number of rotatable bonds is 5. The van der Waals surface area contributed by atoms with Gasteiger partial charge < -0.3 is 15.2 Å². The van der Waals surface area contributed by atoms with E-state index in [9.17, 15) is 4.79 Å². The molecule has 0 aliphatic carbocycles. The topological polar surface area (TPSA) is 103 Å². The van der Waals surface area contributed by atoms with Crippen molar-refractivity contribution in [2.75, 3.05) is 18.8 Å². The van der Waals surface area contributed by atoms with Gasteiger partial charge in [-0.1, -0.05) is 11.6 Å². The molecule has 1 atom stereocenters. The molecule has 1 aromatic carbocycles. The first kappa shape index (κ1) is 17.2. The minimum atomic E-state index is -0.0632. The molecule has 1 fully saturated rings. The van der Waals surface area contributed by atoms with Gasteiger partial charge in [-0.3, -0.25) is 0 Å². The summed E-state index contributed by atoms with van der Waals surface area (Å²) in [6.45, 7) is 1.29. The molecule has 3 heterocycles. The molecular formula is C16H18ClN7OS. The Labute approximate surface area is 159 Å². The zero-order chi connectivity index (χ0) is 17.9. The molecule has 1 aliphatic heterocycles. The molecule has 2 amide bonds. The second-order valence-electron chi connectivity index (χ2n) is 6.02. The standard InChI is InChI=1S/C16H18ClN7OS/c17-10-3-4-11-12(8-10)21-15(20-11)13-2-1-6-24(13)16(25)18-5-7-26-14-9-19-23-22-14/h3-4,8-9,13H,1-2,5-7H2,(H,18,25)(H,20,21)(H,19,22,23). The van der Waals surface area contributed by atoms with Crippen LogP contribution in [0.2, 0.25) is 5.02 Å². The summed E-state index contributed by atoms with van der Waals surface area (Å²) in [6, 6.07) is 5.46. The SMILES string of the molecule is O=C(NCCSc1cn[nH]n1)N1CCCC1c1nc2ccc(Cl)cc2[nH]1. The van der Waals surface area contributed by atoms with Crippen molar-refractivity contribution in [3.63, 3.8) is 0 Å². The molecule has 3 aromatic rings. The molecule has 0 saturated carbocycles. The average molecular weight is 392 g/mol. The largest absolute Gasteiger partial charge is 0.340 e. The number of carbonyl (C=O) groups is 1. The van der Waals surface area contributed by atoms with Crippen molar-refractivity contribution in [3.05, 3.63) is 35.2 Å². The predicted octanol–water partition coefficient (Wildman–Crippen LogP) is 2.97. The summed E-state index contributed by atoms with van der Waals surface area (Å²) in [5.74, 6) is 1.55. The lowest BCUT2D eigenvalue weighted by molar-refractivity contribution is 0.192. The van der Waals surface area contributed by atoms with Crippen LogP contribution >= 0.6 is 23.4 Å². The van der Waals surface area contributed by atoms with E-state index in [-0.39, 0.29) is 12.1 Å². The molecule has 4 rings (SSSR count). The van der Waals surface area contributed by atoms with Crippen molar-refractivity contribution in [1.29, 1.82) is 0 Å². The maximum atomic E-state index is 12.6. The fraction of sp³-hybridized carbons (Fsp3) is 0.375. The molecule has 0 bridgehead atoms. The molecule has 1 unspecified atom stereocenters. The van der Waals surface area contributed by atoms with Crippen LogP contribution in [-0.4, -0.2) is 55.2 Å². The maximum absolute atomic E-state index is 12.6. The number of H-pyrrole nitrogens is 2. The number of aromatic amines is 2. The van der Waals surface area contributed by atoms with Gasteiger partial charge in [0, 0.05) is 23.9 Å². The Kier molecular flexibility index (Phi) is 4.98. The number of halogens is 1. The highest BCUT2D eigenvalue weighted by Gasteiger charge is 2.32. The van der Waals surface area contributed by atoms with Gasteiger partial charge in [0.25, 0.3) is 0 Å². The fourth-order valence-corrected chi connectivity index (χ4v) is 3.95. The second kappa shape index (κ2) is 7.55. The fourth-order valence-electron chi connectivity index (χ4n) is 3.13. The number of urea groups is 1. The Balaban J connectivity index is 1.38. The van der Waals surface area contributed by atoms with Gasteiger partial charge in [0.05, 0.1) is 23.3 Å². The number of imidazole rings is 1. The van der Waals surface area contributed by atoms with Crippen LogP contribution in [0.25, 0.3) is 11.0 Å². The van der Waals surface area contributed by atoms with E-state index in [1.165, 1.54) is 0 Å². The lowest BCUT2D eigenvalue weighted by Crippen LogP contribution is -2.40. The molecule has 8 nitrogen and oxygen atoms in total. The Morgan fingerprint density at radius 1 is 1.46 bits per heavy atom. The third-order valence-corrected chi connectivity index (χ3v) is 5.45. The molecule has 0 spiro atoms. The molecule has 2 aromatic heterocycles. The number of amides is 2. The maximum Gasteiger partial charge on any atom is 0.318 e. The third-order valence-electron chi connectivity index (χ3n) is 4.31. The normalized spacial score (nSPS) is 17.1. The molecule has 0 radical (unpaired) electrons. The lowest BCUT2D eigenvalue weighted by Gasteiger charge is -2.23. The number of nitrogens with zero attached hydrogens (tertiary/aromatic N) is 4. The van der Waals surface area contributed by atoms with Crippen molar-refractivity contribution in [2.45, 2.75) is 23.9 Å². The number of thioether (sulfide) groups is 1. The molecular weight excluding hydrogens is 374 g/mol. The molecule has 1 saturated heterocycles. The Morgan fingerprint density at radius 3 is 3.23 bits per heavy atom. The van der Waals surface area contributed by atoms with E-state index in [1.54, 1.807) is 18.0 Å². The quantitative estimate of drug-likeness (QED) is 0.458. The summed E-state index contributed by atoms with van der Waals surface area (Å²) in [7, 11) is 0. The van der Waals surface area contributed by atoms with E-state index in [4.69, 9.17) is 11.6 Å². The van der Waals surface area contributed by atoms with Crippen LogP contribution in [0.1, 0.15) is 24.7 Å². The molecule has 136 valence electrons. The van der Waals surface area contributed by atoms with Gasteiger partial charge in [0.15, 0.2) is 0 Å². The van der Waals surface area contributed by atoms with Crippen LogP contribution in [0.15, 0.2) is 29.4 Å². The molecule has 1 aliphatic rings. The number of nitrogens with one attached hydrogen (secondary N) is 3. The molecule has 3 N–H and O–H groups in total. The van der Waals surface area contributed by atoms with E-state index >= 15 is 0 Å². The second-order valence-corrected chi connectivity index (χ2v) is 7.58. The van der Waals surface area contributed by atoms with E-state index in [0.717, 1.165) is 47.0 Å². The highest BCUT2D eigenvalue weighted by atomic mass is 35.5. The Hall–Kier alpha value is -2.26. The van der Waals surface area contributed by atoms with E-state index < -0.39 is 0 Å². The highest BCUT2D eigenvalue weighted by molar-refractivity contribution is 7.99. The number of carbonyl (C=O) groups excluding carboxylic acids is 1. The lowest BCUT2D eigenvalue weighted by atomic mass is 10.2. The van der Waals surface area contributed by atoms with Gasteiger partial charge in [-0.2, -0.15) is 10.3 Å². The van der Waals surface area contributed by atoms with Gasteiger partial charge in [-0.05, 0) is 31.0 Å². The van der Waals surface area contributed by atoms with Crippen molar-refractivity contribution < 1.29 is 4.79 Å². The smallest absolute Gasteiger partial charge is 0.318 e. The zero-order valence-electron chi connectivity index (χ0n) is 13.9. The molecule has 26 heavy (non-hydrogen) atoms. The summed E-state index contributed by atoms with van der Waals surface area (Å²) in [4.78, 5) is 22.4. The third kappa shape index (κ3) is 3.63. The Morgan fingerprint density at radius 2 is 2.38 bits per heavy atom. The van der Waals surface area contributed by atoms with Gasteiger partial charge in [-0.25, -0.2) is 9.78 Å².